The predicted octanol–water partition coefficient (Wildman–Crippen LogP) is 5.43. The summed E-state index contributed by atoms with van der Waals surface area (Å²) in [5.41, 5.74) is -3.35. The molecule has 0 bridgehead atoms. The summed E-state index contributed by atoms with van der Waals surface area (Å²) in [7, 11) is 0. The molecule has 0 amide bonds. The van der Waals surface area contributed by atoms with Crippen LogP contribution in [-0.2, 0) is 28.5 Å². The Hall–Kier alpha value is -2.75. The van der Waals surface area contributed by atoms with E-state index in [1.165, 1.54) is 12.2 Å². The fourth-order valence-corrected chi connectivity index (χ4v) is 8.15. The number of ketones is 2. The summed E-state index contributed by atoms with van der Waals surface area (Å²) in [5, 5.41) is 11.7. The van der Waals surface area contributed by atoms with Gasteiger partial charge in [0.25, 0.3) is 0 Å². The van der Waals surface area contributed by atoms with E-state index in [-0.39, 0.29) is 43.5 Å². The zero-order valence-corrected chi connectivity index (χ0v) is 24.7. The third-order valence-electron chi connectivity index (χ3n) is 9.93. The molecule has 0 radical (unpaired) electrons. The minimum absolute atomic E-state index is 0.0769. The average Bonchev–Trinajstić information content (AvgIpc) is 3.18. The first kappa shape index (κ1) is 31.2. The molecule has 8 atom stereocenters. The Bertz CT molecular complexity index is 1110. The van der Waals surface area contributed by atoms with E-state index in [9.17, 15) is 24.3 Å². The first-order valence-electron chi connectivity index (χ1n) is 14.8. The molecule has 4 aliphatic rings. The summed E-state index contributed by atoms with van der Waals surface area (Å²) in [6, 6.07) is 0. The Morgan fingerprint density at radius 1 is 1.15 bits per heavy atom. The Morgan fingerprint density at radius 2 is 1.88 bits per heavy atom. The van der Waals surface area contributed by atoms with Crippen molar-refractivity contribution < 1.29 is 47.6 Å². The van der Waals surface area contributed by atoms with E-state index < -0.39 is 65.4 Å². The molecule has 10 heteroatoms. The molecule has 9 nitrogen and oxygen atoms in total. The van der Waals surface area contributed by atoms with Crippen molar-refractivity contribution in [3.63, 3.8) is 0 Å². The Labute approximate surface area is 240 Å². The Balaban J connectivity index is 1.66. The van der Waals surface area contributed by atoms with Crippen molar-refractivity contribution in [3.05, 3.63) is 23.8 Å². The fourth-order valence-electron chi connectivity index (χ4n) is 8.15. The molecule has 0 heterocycles. The van der Waals surface area contributed by atoms with Crippen LogP contribution in [0.1, 0.15) is 79.6 Å². The highest BCUT2D eigenvalue weighted by Gasteiger charge is 2.71. The third kappa shape index (κ3) is 5.56. The molecular weight excluding hydrogens is 535 g/mol. The van der Waals surface area contributed by atoms with Gasteiger partial charge in [-0.25, -0.2) is 14.0 Å². The van der Waals surface area contributed by atoms with Crippen molar-refractivity contribution in [1.82, 2.24) is 0 Å². The van der Waals surface area contributed by atoms with E-state index in [4.69, 9.17) is 18.9 Å². The van der Waals surface area contributed by atoms with Crippen molar-refractivity contribution in [3.8, 4) is 0 Å². The largest absolute Gasteiger partial charge is 0.509 e. The van der Waals surface area contributed by atoms with E-state index >= 15 is 4.39 Å². The normalized spacial score (nSPS) is 37.4. The number of allylic oxidation sites excluding steroid dienone is 4. The maximum atomic E-state index is 15.7. The van der Waals surface area contributed by atoms with Gasteiger partial charge in [-0.15, -0.1) is 0 Å². The number of unbranched alkanes of at least 4 members (excludes halogenated alkanes) is 2. The van der Waals surface area contributed by atoms with Crippen LogP contribution in [0.25, 0.3) is 0 Å². The van der Waals surface area contributed by atoms with Crippen LogP contribution in [-0.4, -0.2) is 66.2 Å². The number of halogens is 1. The van der Waals surface area contributed by atoms with Gasteiger partial charge in [0.15, 0.2) is 18.0 Å². The Morgan fingerprint density at radius 3 is 2.56 bits per heavy atom. The quantitative estimate of drug-likeness (QED) is 0.282. The van der Waals surface area contributed by atoms with Gasteiger partial charge in [-0.05, 0) is 75.5 Å². The van der Waals surface area contributed by atoms with E-state index in [2.05, 4.69) is 0 Å². The molecule has 0 aromatic rings. The van der Waals surface area contributed by atoms with Gasteiger partial charge in [-0.2, -0.15) is 0 Å². The molecule has 3 fully saturated rings. The number of carbonyl (C=O) groups excluding carboxylic acids is 4. The molecule has 0 spiro atoms. The van der Waals surface area contributed by atoms with Gasteiger partial charge in [0.05, 0.1) is 18.8 Å². The molecule has 4 aliphatic carbocycles. The highest BCUT2D eigenvalue weighted by Crippen LogP contribution is 2.68. The molecule has 0 aliphatic heterocycles. The van der Waals surface area contributed by atoms with Crippen molar-refractivity contribution in [1.29, 1.82) is 0 Å². The van der Waals surface area contributed by atoms with Crippen molar-refractivity contribution in [2.45, 2.75) is 104 Å². The first-order valence-corrected chi connectivity index (χ1v) is 14.8. The zero-order chi connectivity index (χ0) is 30.2. The van der Waals surface area contributed by atoms with Crippen LogP contribution in [0.3, 0.4) is 0 Å². The summed E-state index contributed by atoms with van der Waals surface area (Å²) in [5.74, 6) is -1.96. The van der Waals surface area contributed by atoms with Crippen molar-refractivity contribution in [2.75, 3.05) is 13.2 Å². The summed E-state index contributed by atoms with van der Waals surface area (Å²) >= 11 is 0. The molecular formula is C31H43FO9. The highest BCUT2D eigenvalue weighted by atomic mass is 19.1. The van der Waals surface area contributed by atoms with Crippen LogP contribution in [0.15, 0.2) is 23.8 Å². The molecule has 1 N–H and O–H groups in total. The number of aliphatic hydroxyl groups excluding tert-OH is 1. The number of hydrogen-bond donors (Lipinski definition) is 1. The van der Waals surface area contributed by atoms with Crippen molar-refractivity contribution in [2.24, 2.45) is 28.6 Å². The Kier molecular flexibility index (Phi) is 9.02. The van der Waals surface area contributed by atoms with Crippen LogP contribution < -0.4 is 0 Å². The SMILES string of the molecule is CCCCCOC(=O)O[C@]1(C(=O)COC(=O)OC(C)C)CC[C@H]2[C@@H]3C[C@H](F)C4=CC(=O)C=C[C@]4(C)[C@H]3C(O)C[C@@]21C. The molecule has 1 unspecified atom stereocenters. The standard InChI is InChI=1S/C31H43FO9/c1-6-7-8-13-38-28(37)41-31(25(35)17-39-27(36)40-18(2)3)12-10-21-20-15-23(32)22-14-19(33)9-11-29(22,4)26(20)24(34)16-30(21,31)5/h9,11,14,18,20-21,23-24,26,34H,6-8,10,12-13,15-17H2,1-5H3/t20-,21-,23-,24?,26+,29-,30-,31-/m0/s1. The highest BCUT2D eigenvalue weighted by molar-refractivity contribution is 6.01. The minimum atomic E-state index is -1.76. The monoisotopic (exact) mass is 578 g/mol. The van der Waals surface area contributed by atoms with Gasteiger partial charge in [0.2, 0.25) is 5.78 Å². The van der Waals surface area contributed by atoms with Gasteiger partial charge >= 0.3 is 12.3 Å². The van der Waals surface area contributed by atoms with E-state index in [1.807, 2.05) is 13.8 Å². The second-order valence-electron chi connectivity index (χ2n) is 12.7. The maximum Gasteiger partial charge on any atom is 0.509 e. The smallest absolute Gasteiger partial charge is 0.434 e. The van der Waals surface area contributed by atoms with Crippen LogP contribution in [0.5, 0.6) is 0 Å². The second-order valence-corrected chi connectivity index (χ2v) is 12.7. The molecule has 4 rings (SSSR count). The number of alkyl halides is 1. The molecule has 41 heavy (non-hydrogen) atoms. The number of rotatable bonds is 9. The van der Waals surface area contributed by atoms with Crippen LogP contribution in [0.4, 0.5) is 14.0 Å². The molecule has 228 valence electrons. The van der Waals surface area contributed by atoms with Gasteiger partial charge in [-0.1, -0.05) is 39.7 Å². The van der Waals surface area contributed by atoms with E-state index in [1.54, 1.807) is 26.8 Å². The number of Topliss-reactive ketones (excluding diaryl/α,β-unsaturated/α-hetero) is 1. The molecule has 0 aromatic carbocycles. The summed E-state index contributed by atoms with van der Waals surface area (Å²) in [4.78, 5) is 51.0. The zero-order valence-electron chi connectivity index (χ0n) is 24.7. The third-order valence-corrected chi connectivity index (χ3v) is 9.93. The van der Waals surface area contributed by atoms with Gasteiger partial charge in [-0.3, -0.25) is 9.59 Å². The van der Waals surface area contributed by atoms with Gasteiger partial charge in [0.1, 0.15) is 6.17 Å². The first-order chi connectivity index (χ1) is 19.3. The lowest BCUT2D eigenvalue weighted by Crippen LogP contribution is -2.64. The van der Waals surface area contributed by atoms with E-state index in [0.29, 0.717) is 18.4 Å². The van der Waals surface area contributed by atoms with Crippen LogP contribution in [0, 0.1) is 28.6 Å². The second kappa shape index (κ2) is 11.9. The number of aliphatic hydroxyl groups is 1. The maximum absolute atomic E-state index is 15.7. The number of carbonyl (C=O) groups is 4. The predicted molar refractivity (Wildman–Crippen MR) is 146 cm³/mol. The summed E-state index contributed by atoms with van der Waals surface area (Å²) in [6.07, 6.45) is 2.74. The summed E-state index contributed by atoms with van der Waals surface area (Å²) < 4.78 is 37.0. The van der Waals surface area contributed by atoms with Gasteiger partial charge in [0, 0.05) is 16.7 Å². The van der Waals surface area contributed by atoms with Gasteiger partial charge < -0.3 is 24.1 Å². The lowest BCUT2D eigenvalue weighted by Gasteiger charge is -2.60. The molecule has 0 aromatic heterocycles. The lowest BCUT2D eigenvalue weighted by molar-refractivity contribution is -0.186. The minimum Gasteiger partial charge on any atom is -0.434 e. The lowest BCUT2D eigenvalue weighted by atomic mass is 9.46. The topological polar surface area (TPSA) is 125 Å². The summed E-state index contributed by atoms with van der Waals surface area (Å²) in [6.45, 7) is 8.39. The number of fused-ring (bicyclic) bond motifs is 5. The van der Waals surface area contributed by atoms with Crippen molar-refractivity contribution >= 4 is 23.9 Å². The van der Waals surface area contributed by atoms with Crippen LogP contribution in [0.2, 0.25) is 0 Å². The average molecular weight is 579 g/mol. The fraction of sp³-hybridized carbons (Fsp3) is 0.742. The molecule has 0 saturated heterocycles. The molecule has 3 saturated carbocycles. The number of hydrogen-bond acceptors (Lipinski definition) is 9. The van der Waals surface area contributed by atoms with Crippen LogP contribution >= 0.6 is 0 Å². The van der Waals surface area contributed by atoms with E-state index in [0.717, 1.165) is 12.8 Å². The number of ether oxygens (including phenoxy) is 4.